The molecule has 2 rings (SSSR count). The summed E-state index contributed by atoms with van der Waals surface area (Å²) in [6, 6.07) is 0. The molecule has 0 radical (unpaired) electrons. The van der Waals surface area contributed by atoms with Gasteiger partial charge in [-0.05, 0) is 53.7 Å². The molecule has 1 amide bonds. The van der Waals surface area contributed by atoms with Gasteiger partial charge in [0.2, 0.25) is 5.91 Å². The Balaban J connectivity index is 1.89. The molecule has 0 aliphatic carbocycles. The predicted molar refractivity (Wildman–Crippen MR) is 95.3 cm³/mol. The summed E-state index contributed by atoms with van der Waals surface area (Å²) in [7, 11) is 1.96. The van der Waals surface area contributed by atoms with Crippen LogP contribution in [0.15, 0.2) is 0 Å². The summed E-state index contributed by atoms with van der Waals surface area (Å²) >= 11 is 0. The summed E-state index contributed by atoms with van der Waals surface area (Å²) < 4.78 is 1.90. The minimum absolute atomic E-state index is 0.0139. The number of amides is 1. The highest BCUT2D eigenvalue weighted by Crippen LogP contribution is 2.19. The molecule has 2 aromatic heterocycles. The smallest absolute Gasteiger partial charge is 0.238 e. The Labute approximate surface area is 143 Å². The molecule has 132 valence electrons. The SMILES string of the molecule is CCn1nc(C)c(NC(=O)CN(C)CCc2c(C)n[nH]c2C)c1C. The van der Waals surface area contributed by atoms with Gasteiger partial charge in [0.1, 0.15) is 0 Å². The zero-order valence-corrected chi connectivity index (χ0v) is 15.5. The van der Waals surface area contributed by atoms with Crippen molar-refractivity contribution in [3.63, 3.8) is 0 Å². The maximum absolute atomic E-state index is 12.3. The highest BCUT2D eigenvalue weighted by molar-refractivity contribution is 5.93. The first-order valence-electron chi connectivity index (χ1n) is 8.36. The topological polar surface area (TPSA) is 78.8 Å². The molecule has 2 heterocycles. The molecule has 0 atom stereocenters. The van der Waals surface area contributed by atoms with Gasteiger partial charge in [0, 0.05) is 18.8 Å². The third-order valence-electron chi connectivity index (χ3n) is 4.38. The lowest BCUT2D eigenvalue weighted by Crippen LogP contribution is -2.32. The predicted octanol–water partition coefficient (Wildman–Crippen LogP) is 1.97. The lowest BCUT2D eigenvalue weighted by Gasteiger charge is -2.16. The van der Waals surface area contributed by atoms with E-state index in [0.29, 0.717) is 6.54 Å². The van der Waals surface area contributed by atoms with Crippen molar-refractivity contribution in [2.45, 2.75) is 47.6 Å². The first-order valence-corrected chi connectivity index (χ1v) is 8.36. The van der Waals surface area contributed by atoms with Crippen LogP contribution in [0.4, 0.5) is 5.69 Å². The standard InChI is InChI=1S/C17H28N6O/c1-7-23-14(5)17(13(4)21-23)18-16(24)10-22(6)9-8-15-11(2)19-20-12(15)3/h7-10H2,1-6H3,(H,18,24)(H,19,20). The van der Waals surface area contributed by atoms with Crippen molar-refractivity contribution in [1.29, 1.82) is 0 Å². The molecule has 0 bridgehead atoms. The van der Waals surface area contributed by atoms with Gasteiger partial charge in [0.25, 0.3) is 0 Å². The first-order chi connectivity index (χ1) is 11.3. The average Bonchev–Trinajstić information content (AvgIpc) is 2.98. The summed E-state index contributed by atoms with van der Waals surface area (Å²) in [6.07, 6.45) is 0.879. The second kappa shape index (κ2) is 7.61. The molecule has 0 unspecified atom stereocenters. The van der Waals surface area contributed by atoms with Crippen LogP contribution in [0.3, 0.4) is 0 Å². The lowest BCUT2D eigenvalue weighted by molar-refractivity contribution is -0.117. The van der Waals surface area contributed by atoms with Gasteiger partial charge in [0.15, 0.2) is 0 Å². The fourth-order valence-corrected chi connectivity index (χ4v) is 2.93. The van der Waals surface area contributed by atoms with Crippen LogP contribution in [-0.4, -0.2) is 50.9 Å². The number of aryl methyl sites for hydroxylation is 4. The number of carbonyl (C=O) groups excluding carboxylic acids is 1. The number of hydrogen-bond donors (Lipinski definition) is 2. The Morgan fingerprint density at radius 3 is 2.50 bits per heavy atom. The number of nitrogens with zero attached hydrogens (tertiary/aromatic N) is 4. The fourth-order valence-electron chi connectivity index (χ4n) is 2.93. The zero-order valence-electron chi connectivity index (χ0n) is 15.5. The molecule has 0 saturated carbocycles. The van der Waals surface area contributed by atoms with Gasteiger partial charge in [-0.3, -0.25) is 19.5 Å². The summed E-state index contributed by atoms with van der Waals surface area (Å²) in [5.74, 6) is -0.0139. The third-order valence-corrected chi connectivity index (χ3v) is 4.38. The van der Waals surface area contributed by atoms with Gasteiger partial charge in [-0.15, -0.1) is 0 Å². The Bertz CT molecular complexity index is 695. The Kier molecular flexibility index (Phi) is 5.77. The number of nitrogens with one attached hydrogen (secondary N) is 2. The molecule has 0 aliphatic heterocycles. The first kappa shape index (κ1) is 18.2. The summed E-state index contributed by atoms with van der Waals surface area (Å²) in [5, 5.41) is 14.6. The van der Waals surface area contributed by atoms with E-state index in [2.05, 4.69) is 20.6 Å². The molecule has 0 aromatic carbocycles. The Hall–Kier alpha value is -2.15. The number of anilines is 1. The second-order valence-electron chi connectivity index (χ2n) is 6.31. The van der Waals surface area contributed by atoms with E-state index in [0.717, 1.165) is 48.0 Å². The van der Waals surface area contributed by atoms with Crippen molar-refractivity contribution >= 4 is 11.6 Å². The fraction of sp³-hybridized carbons (Fsp3) is 0.588. The van der Waals surface area contributed by atoms with Gasteiger partial charge < -0.3 is 5.32 Å². The molecule has 0 aliphatic rings. The third kappa shape index (κ3) is 4.03. The van der Waals surface area contributed by atoms with Crippen LogP contribution in [0.2, 0.25) is 0 Å². The van der Waals surface area contributed by atoms with E-state index in [9.17, 15) is 4.79 Å². The van der Waals surface area contributed by atoms with Crippen molar-refractivity contribution in [3.05, 3.63) is 28.3 Å². The largest absolute Gasteiger partial charge is 0.322 e. The average molecular weight is 332 g/mol. The van der Waals surface area contributed by atoms with Crippen LogP contribution in [-0.2, 0) is 17.8 Å². The van der Waals surface area contributed by atoms with E-state index in [1.807, 2.05) is 51.2 Å². The molecule has 2 aromatic rings. The highest BCUT2D eigenvalue weighted by Gasteiger charge is 2.15. The lowest BCUT2D eigenvalue weighted by atomic mass is 10.1. The van der Waals surface area contributed by atoms with Crippen LogP contribution in [0.5, 0.6) is 0 Å². The molecule has 0 saturated heterocycles. The van der Waals surface area contributed by atoms with Crippen LogP contribution < -0.4 is 5.32 Å². The highest BCUT2D eigenvalue weighted by atomic mass is 16.2. The number of aromatic nitrogens is 4. The van der Waals surface area contributed by atoms with Gasteiger partial charge >= 0.3 is 0 Å². The number of H-pyrrole nitrogens is 1. The number of likely N-dealkylation sites (N-methyl/N-ethyl adjacent to an activating group) is 1. The number of hydrogen-bond acceptors (Lipinski definition) is 4. The summed E-state index contributed by atoms with van der Waals surface area (Å²) in [6.45, 7) is 11.9. The van der Waals surface area contributed by atoms with Gasteiger partial charge in [-0.2, -0.15) is 10.2 Å². The van der Waals surface area contributed by atoms with Crippen molar-refractivity contribution in [3.8, 4) is 0 Å². The molecule has 0 spiro atoms. The molecular formula is C17H28N6O. The van der Waals surface area contributed by atoms with Crippen LogP contribution in [0.25, 0.3) is 0 Å². The van der Waals surface area contributed by atoms with E-state index < -0.39 is 0 Å². The Morgan fingerprint density at radius 1 is 1.25 bits per heavy atom. The molecule has 0 fully saturated rings. The minimum Gasteiger partial charge on any atom is -0.322 e. The Morgan fingerprint density at radius 2 is 1.96 bits per heavy atom. The number of carbonyl (C=O) groups is 1. The van der Waals surface area contributed by atoms with Crippen LogP contribution in [0, 0.1) is 27.7 Å². The molecule has 7 nitrogen and oxygen atoms in total. The van der Waals surface area contributed by atoms with Gasteiger partial charge in [-0.25, -0.2) is 0 Å². The molecular weight excluding hydrogens is 304 g/mol. The van der Waals surface area contributed by atoms with Gasteiger partial charge in [-0.1, -0.05) is 0 Å². The van der Waals surface area contributed by atoms with Crippen molar-refractivity contribution in [2.24, 2.45) is 0 Å². The number of aromatic amines is 1. The van der Waals surface area contributed by atoms with E-state index in [1.54, 1.807) is 0 Å². The molecule has 2 N–H and O–H groups in total. The van der Waals surface area contributed by atoms with E-state index >= 15 is 0 Å². The molecule has 7 heteroatoms. The summed E-state index contributed by atoms with van der Waals surface area (Å²) in [4.78, 5) is 14.3. The quantitative estimate of drug-likeness (QED) is 0.812. The monoisotopic (exact) mass is 332 g/mol. The second-order valence-corrected chi connectivity index (χ2v) is 6.31. The maximum atomic E-state index is 12.3. The minimum atomic E-state index is -0.0139. The van der Waals surface area contributed by atoms with Crippen LogP contribution in [0.1, 0.15) is 35.3 Å². The van der Waals surface area contributed by atoms with E-state index in [4.69, 9.17) is 0 Å². The normalized spacial score (nSPS) is 11.3. The van der Waals surface area contributed by atoms with Crippen molar-refractivity contribution < 1.29 is 4.79 Å². The van der Waals surface area contributed by atoms with E-state index in [1.165, 1.54) is 5.56 Å². The van der Waals surface area contributed by atoms with Crippen molar-refractivity contribution in [1.82, 2.24) is 24.9 Å². The van der Waals surface area contributed by atoms with Gasteiger partial charge in [0.05, 0.1) is 29.3 Å². The number of rotatable bonds is 7. The summed E-state index contributed by atoms with van der Waals surface area (Å²) in [5.41, 5.74) is 6.05. The van der Waals surface area contributed by atoms with E-state index in [-0.39, 0.29) is 5.91 Å². The zero-order chi connectivity index (χ0) is 17.9. The maximum Gasteiger partial charge on any atom is 0.238 e. The van der Waals surface area contributed by atoms with Crippen LogP contribution >= 0.6 is 0 Å². The van der Waals surface area contributed by atoms with Crippen molar-refractivity contribution in [2.75, 3.05) is 25.5 Å². The molecule has 24 heavy (non-hydrogen) atoms.